The van der Waals surface area contributed by atoms with Crippen LogP contribution in [0.4, 0.5) is 26.7 Å². The van der Waals surface area contributed by atoms with Crippen LogP contribution in [0, 0.1) is 0 Å². The Morgan fingerprint density at radius 1 is 1.25 bits per heavy atom. The van der Waals surface area contributed by atoms with Gasteiger partial charge in [0.25, 0.3) is 0 Å². The van der Waals surface area contributed by atoms with Crippen LogP contribution in [0.15, 0.2) is 0 Å². The largest absolute Gasteiger partial charge is 0.465 e. The van der Waals surface area contributed by atoms with Crippen LogP contribution in [0.5, 0.6) is 0 Å². The average Bonchev–Trinajstić information content (AvgIpc) is 1.81. The SMILES string of the molecule is O=C(O)NCC(F)(F)C(F)(F)F. The number of carbonyl (C=O) groups is 1. The maximum atomic E-state index is 11.8. The summed E-state index contributed by atoms with van der Waals surface area (Å²) < 4.78 is 57.6. The topological polar surface area (TPSA) is 49.3 Å². The van der Waals surface area contributed by atoms with Crippen molar-refractivity contribution in [1.82, 2.24) is 5.32 Å². The highest BCUT2D eigenvalue weighted by molar-refractivity contribution is 5.64. The molecule has 2 N–H and O–H groups in total. The van der Waals surface area contributed by atoms with Gasteiger partial charge in [-0.1, -0.05) is 0 Å². The second-order valence-electron chi connectivity index (χ2n) is 1.86. The number of alkyl halides is 5. The highest BCUT2D eigenvalue weighted by Gasteiger charge is 2.57. The van der Waals surface area contributed by atoms with E-state index in [0.717, 1.165) is 5.32 Å². The quantitative estimate of drug-likeness (QED) is 0.652. The molecule has 0 radical (unpaired) electrons. The van der Waals surface area contributed by atoms with Crippen molar-refractivity contribution < 1.29 is 31.9 Å². The number of hydrogen-bond donors (Lipinski definition) is 2. The Balaban J connectivity index is 4.14. The molecule has 0 unspecified atom stereocenters. The third-order valence-corrected chi connectivity index (χ3v) is 0.876. The Kier molecular flexibility index (Phi) is 2.83. The summed E-state index contributed by atoms with van der Waals surface area (Å²) in [5.41, 5.74) is 0. The lowest BCUT2D eigenvalue weighted by Gasteiger charge is -2.18. The summed E-state index contributed by atoms with van der Waals surface area (Å²) in [7, 11) is 0. The molecule has 0 atom stereocenters. The molecule has 0 rings (SSSR count). The summed E-state index contributed by atoms with van der Waals surface area (Å²) in [6.45, 7) is -1.97. The molecule has 0 bridgehead atoms. The third-order valence-electron chi connectivity index (χ3n) is 0.876. The van der Waals surface area contributed by atoms with Gasteiger partial charge in [-0.3, -0.25) is 0 Å². The van der Waals surface area contributed by atoms with Crippen LogP contribution in [0.25, 0.3) is 0 Å². The zero-order valence-corrected chi connectivity index (χ0v) is 5.45. The molecule has 0 aliphatic carbocycles. The van der Waals surface area contributed by atoms with Crippen molar-refractivity contribution >= 4 is 6.09 Å². The van der Waals surface area contributed by atoms with Crippen LogP contribution >= 0.6 is 0 Å². The van der Waals surface area contributed by atoms with E-state index in [4.69, 9.17) is 5.11 Å². The minimum Gasteiger partial charge on any atom is -0.465 e. The van der Waals surface area contributed by atoms with Crippen molar-refractivity contribution in [2.75, 3.05) is 6.54 Å². The normalized spacial score (nSPS) is 12.8. The summed E-state index contributed by atoms with van der Waals surface area (Å²) in [6.07, 6.45) is -7.66. The third kappa shape index (κ3) is 2.89. The van der Waals surface area contributed by atoms with Crippen LogP contribution in [0.2, 0.25) is 0 Å². The van der Waals surface area contributed by atoms with Crippen molar-refractivity contribution in [3.63, 3.8) is 0 Å². The van der Waals surface area contributed by atoms with Crippen molar-refractivity contribution in [3.8, 4) is 0 Å². The second-order valence-corrected chi connectivity index (χ2v) is 1.86. The van der Waals surface area contributed by atoms with E-state index >= 15 is 0 Å². The first-order valence-electron chi connectivity index (χ1n) is 2.58. The maximum Gasteiger partial charge on any atom is 0.455 e. The standard InChI is InChI=1S/C4H4F5NO2/c5-3(6,4(7,8)9)1-10-2(11)12/h10H,1H2,(H,11,12). The molecule has 12 heavy (non-hydrogen) atoms. The summed E-state index contributed by atoms with van der Waals surface area (Å²) in [4.78, 5) is 9.56. The van der Waals surface area contributed by atoms with Gasteiger partial charge in [-0.15, -0.1) is 0 Å². The van der Waals surface area contributed by atoms with E-state index in [9.17, 15) is 26.7 Å². The second kappa shape index (κ2) is 3.11. The molecule has 0 spiro atoms. The van der Waals surface area contributed by atoms with Crippen molar-refractivity contribution in [2.45, 2.75) is 12.1 Å². The molecular weight excluding hydrogens is 189 g/mol. The van der Waals surface area contributed by atoms with Gasteiger partial charge < -0.3 is 10.4 Å². The van der Waals surface area contributed by atoms with Crippen LogP contribution in [0.1, 0.15) is 0 Å². The van der Waals surface area contributed by atoms with E-state index in [1.54, 1.807) is 0 Å². The average molecular weight is 193 g/mol. The zero-order valence-electron chi connectivity index (χ0n) is 5.45. The lowest BCUT2D eigenvalue weighted by atomic mass is 10.3. The minimum absolute atomic E-state index is 0.939. The Hall–Kier alpha value is -1.08. The highest BCUT2D eigenvalue weighted by Crippen LogP contribution is 2.34. The number of hydrogen-bond acceptors (Lipinski definition) is 1. The molecular formula is C4H4F5NO2. The van der Waals surface area contributed by atoms with E-state index in [0.29, 0.717) is 0 Å². The number of rotatable bonds is 2. The smallest absolute Gasteiger partial charge is 0.455 e. The number of nitrogens with one attached hydrogen (secondary N) is 1. The van der Waals surface area contributed by atoms with E-state index in [1.165, 1.54) is 0 Å². The Bertz CT molecular complexity index is 177. The van der Waals surface area contributed by atoms with E-state index in [1.807, 2.05) is 0 Å². The zero-order chi connectivity index (χ0) is 9.99. The monoisotopic (exact) mass is 193 g/mol. The minimum atomic E-state index is -5.73. The lowest BCUT2D eigenvalue weighted by Crippen LogP contribution is -2.46. The van der Waals surface area contributed by atoms with E-state index in [-0.39, 0.29) is 0 Å². The molecule has 0 saturated heterocycles. The first-order valence-corrected chi connectivity index (χ1v) is 2.58. The predicted molar refractivity (Wildman–Crippen MR) is 27.0 cm³/mol. The summed E-state index contributed by atoms with van der Waals surface area (Å²) in [5, 5.41) is 8.67. The van der Waals surface area contributed by atoms with Gasteiger partial charge in [0.2, 0.25) is 0 Å². The Morgan fingerprint density at radius 2 is 1.67 bits per heavy atom. The van der Waals surface area contributed by atoms with Gasteiger partial charge in [-0.05, 0) is 0 Å². The molecule has 3 nitrogen and oxygen atoms in total. The molecule has 8 heteroatoms. The van der Waals surface area contributed by atoms with Gasteiger partial charge >= 0.3 is 18.2 Å². The van der Waals surface area contributed by atoms with Gasteiger partial charge in [0.1, 0.15) is 0 Å². The van der Waals surface area contributed by atoms with E-state index in [2.05, 4.69) is 0 Å². The molecule has 0 heterocycles. The lowest BCUT2D eigenvalue weighted by molar-refractivity contribution is -0.278. The fraction of sp³-hybridized carbons (Fsp3) is 0.750. The molecule has 0 aromatic carbocycles. The fourth-order valence-corrected chi connectivity index (χ4v) is 0.287. The van der Waals surface area contributed by atoms with Crippen LogP contribution < -0.4 is 5.32 Å². The summed E-state index contributed by atoms with van der Waals surface area (Å²) in [5.74, 6) is -5.02. The Labute approximate surface area is 63.2 Å². The van der Waals surface area contributed by atoms with Crippen LogP contribution in [-0.4, -0.2) is 29.8 Å². The Morgan fingerprint density at radius 3 is 1.92 bits per heavy atom. The van der Waals surface area contributed by atoms with Crippen LogP contribution in [0.3, 0.4) is 0 Å². The molecule has 0 aliphatic rings. The van der Waals surface area contributed by atoms with Gasteiger partial charge in [-0.25, -0.2) is 4.79 Å². The van der Waals surface area contributed by atoms with Gasteiger partial charge in [-0.2, -0.15) is 22.0 Å². The molecule has 0 aliphatic heterocycles. The van der Waals surface area contributed by atoms with Gasteiger partial charge in [0.05, 0.1) is 6.54 Å². The number of halogens is 5. The predicted octanol–water partition coefficient (Wildman–Crippen LogP) is 1.45. The molecule has 0 aromatic heterocycles. The fourth-order valence-electron chi connectivity index (χ4n) is 0.287. The molecule has 0 saturated carbocycles. The van der Waals surface area contributed by atoms with Gasteiger partial charge in [0, 0.05) is 0 Å². The number of amides is 1. The first kappa shape index (κ1) is 10.9. The summed E-state index contributed by atoms with van der Waals surface area (Å²) in [6, 6.07) is 0. The molecule has 72 valence electrons. The van der Waals surface area contributed by atoms with Crippen LogP contribution in [-0.2, 0) is 0 Å². The van der Waals surface area contributed by atoms with Gasteiger partial charge in [0.15, 0.2) is 0 Å². The number of carboxylic acid groups (broad SMARTS) is 1. The van der Waals surface area contributed by atoms with E-state index < -0.39 is 24.7 Å². The summed E-state index contributed by atoms with van der Waals surface area (Å²) >= 11 is 0. The molecule has 0 fully saturated rings. The first-order chi connectivity index (χ1) is 5.17. The van der Waals surface area contributed by atoms with Crippen molar-refractivity contribution in [1.29, 1.82) is 0 Å². The molecule has 1 amide bonds. The molecule has 0 aromatic rings. The van der Waals surface area contributed by atoms with Crippen molar-refractivity contribution in [3.05, 3.63) is 0 Å². The highest BCUT2D eigenvalue weighted by atomic mass is 19.4. The maximum absolute atomic E-state index is 11.8. The van der Waals surface area contributed by atoms with Crippen molar-refractivity contribution in [2.24, 2.45) is 0 Å².